The molecule has 2 bridgehead atoms. The molecule has 0 aromatic carbocycles. The summed E-state index contributed by atoms with van der Waals surface area (Å²) in [6.45, 7) is 1.87. The van der Waals surface area contributed by atoms with E-state index >= 15 is 0 Å². The minimum absolute atomic E-state index is 0.170. The molecule has 0 spiro atoms. The van der Waals surface area contributed by atoms with Crippen molar-refractivity contribution in [3.63, 3.8) is 0 Å². The Balaban J connectivity index is 2.22. The Hall–Kier alpha value is -0.670. The van der Waals surface area contributed by atoms with E-state index in [0.29, 0.717) is 12.5 Å². The third-order valence-corrected chi connectivity index (χ3v) is 3.16. The number of hydrogen-bond donors (Lipinski definition) is 2. The first-order valence-corrected chi connectivity index (χ1v) is 5.39. The van der Waals surface area contributed by atoms with Gasteiger partial charge in [0.25, 0.3) is 0 Å². The minimum Gasteiger partial charge on any atom is -0.389 e. The van der Waals surface area contributed by atoms with Crippen LogP contribution in [0.2, 0.25) is 0 Å². The second kappa shape index (κ2) is 3.83. The van der Waals surface area contributed by atoms with Crippen molar-refractivity contribution < 1.29 is 9.90 Å². The van der Waals surface area contributed by atoms with Gasteiger partial charge in [-0.1, -0.05) is 6.92 Å². The van der Waals surface area contributed by atoms with E-state index in [1.807, 2.05) is 6.92 Å². The van der Waals surface area contributed by atoms with Crippen molar-refractivity contribution in [1.82, 2.24) is 5.32 Å². The number of rotatable bonds is 2. The predicted octanol–water partition coefficient (Wildman–Crippen LogP) is 0.777. The van der Waals surface area contributed by atoms with E-state index in [9.17, 15) is 9.90 Å². The maximum Gasteiger partial charge on any atom is 0.159 e. The van der Waals surface area contributed by atoms with Crippen molar-refractivity contribution in [3.8, 4) is 0 Å². The summed E-state index contributed by atoms with van der Waals surface area (Å²) < 4.78 is 0. The Morgan fingerprint density at radius 1 is 1.64 bits per heavy atom. The summed E-state index contributed by atoms with van der Waals surface area (Å²) in [5, 5.41) is 13.1. The molecule has 2 aliphatic heterocycles. The molecule has 14 heavy (non-hydrogen) atoms. The van der Waals surface area contributed by atoms with Gasteiger partial charge >= 0.3 is 0 Å². The van der Waals surface area contributed by atoms with Gasteiger partial charge < -0.3 is 10.4 Å². The molecule has 3 nitrogen and oxygen atoms in total. The van der Waals surface area contributed by atoms with E-state index < -0.39 is 6.10 Å². The van der Waals surface area contributed by atoms with Crippen LogP contribution < -0.4 is 5.32 Å². The van der Waals surface area contributed by atoms with Crippen molar-refractivity contribution >= 4 is 5.78 Å². The highest BCUT2D eigenvalue weighted by molar-refractivity contribution is 5.96. The largest absolute Gasteiger partial charge is 0.389 e. The zero-order chi connectivity index (χ0) is 10.1. The number of aliphatic hydroxyl groups excluding tert-OH is 1. The number of aliphatic hydroxyl groups is 1. The first kappa shape index (κ1) is 9.87. The molecule has 0 aliphatic carbocycles. The molecule has 78 valence electrons. The summed E-state index contributed by atoms with van der Waals surface area (Å²) >= 11 is 0. The van der Waals surface area contributed by atoms with Gasteiger partial charge in [0.2, 0.25) is 0 Å². The molecule has 0 amide bonds. The van der Waals surface area contributed by atoms with Gasteiger partial charge in [0.1, 0.15) is 0 Å². The molecule has 0 radical (unpaired) electrons. The second-order valence-electron chi connectivity index (χ2n) is 4.20. The number of carbonyl (C=O) groups is 1. The molecule has 1 fully saturated rings. The summed E-state index contributed by atoms with van der Waals surface area (Å²) in [5.74, 6) is 0.170. The lowest BCUT2D eigenvalue weighted by Crippen LogP contribution is -2.31. The van der Waals surface area contributed by atoms with Crippen LogP contribution in [-0.2, 0) is 4.79 Å². The minimum atomic E-state index is -0.441. The van der Waals surface area contributed by atoms with Gasteiger partial charge in [-0.25, -0.2) is 0 Å². The molecule has 2 N–H and O–H groups in total. The van der Waals surface area contributed by atoms with Gasteiger partial charge in [-0.05, 0) is 25.3 Å². The van der Waals surface area contributed by atoms with Crippen LogP contribution in [0.25, 0.3) is 0 Å². The highest BCUT2D eigenvalue weighted by Crippen LogP contribution is 2.27. The number of carbonyl (C=O) groups excluding carboxylic acids is 1. The summed E-state index contributed by atoms with van der Waals surface area (Å²) in [6.07, 6.45) is 4.70. The molecule has 1 saturated heterocycles. The number of ketones is 1. The Morgan fingerprint density at radius 3 is 3.14 bits per heavy atom. The molecule has 0 aromatic heterocycles. The monoisotopic (exact) mass is 195 g/mol. The topological polar surface area (TPSA) is 49.3 Å². The van der Waals surface area contributed by atoms with Gasteiger partial charge in [0.15, 0.2) is 5.78 Å². The number of nitrogens with one attached hydrogen (secondary N) is 1. The van der Waals surface area contributed by atoms with E-state index in [0.717, 1.165) is 24.8 Å². The Labute approximate surface area is 84.2 Å². The fourth-order valence-corrected chi connectivity index (χ4v) is 2.42. The average molecular weight is 195 g/mol. The van der Waals surface area contributed by atoms with Crippen LogP contribution in [0.5, 0.6) is 0 Å². The molecule has 3 heteroatoms. The second-order valence-corrected chi connectivity index (χ2v) is 4.20. The third-order valence-electron chi connectivity index (χ3n) is 3.16. The zero-order valence-corrected chi connectivity index (χ0v) is 8.49. The molecule has 3 atom stereocenters. The lowest BCUT2D eigenvalue weighted by Gasteiger charge is -2.12. The first-order valence-electron chi connectivity index (χ1n) is 5.39. The van der Waals surface area contributed by atoms with E-state index in [2.05, 4.69) is 5.32 Å². The Morgan fingerprint density at radius 2 is 2.43 bits per heavy atom. The van der Waals surface area contributed by atoms with E-state index in [4.69, 9.17) is 0 Å². The van der Waals surface area contributed by atoms with Crippen molar-refractivity contribution in [1.29, 1.82) is 0 Å². The van der Waals surface area contributed by atoms with Crippen LogP contribution in [0.15, 0.2) is 11.6 Å². The molecule has 2 rings (SSSR count). The van der Waals surface area contributed by atoms with Crippen LogP contribution >= 0.6 is 0 Å². The summed E-state index contributed by atoms with van der Waals surface area (Å²) in [4.78, 5) is 11.6. The predicted molar refractivity (Wildman–Crippen MR) is 54.0 cm³/mol. The van der Waals surface area contributed by atoms with Crippen LogP contribution in [0.4, 0.5) is 0 Å². The fraction of sp³-hybridized carbons (Fsp3) is 0.727. The molecule has 3 unspecified atom stereocenters. The average Bonchev–Trinajstić information content (AvgIpc) is 2.53. The van der Waals surface area contributed by atoms with Gasteiger partial charge in [-0.3, -0.25) is 4.79 Å². The molecular weight excluding hydrogens is 178 g/mol. The molecule has 2 heterocycles. The maximum atomic E-state index is 11.6. The number of Topliss-reactive ketones (excluding diaryl/α,β-unsaturated/α-hetero) is 1. The van der Waals surface area contributed by atoms with Gasteiger partial charge in [-0.2, -0.15) is 0 Å². The zero-order valence-electron chi connectivity index (χ0n) is 8.49. The number of fused-ring (bicyclic) bond motifs is 2. The van der Waals surface area contributed by atoms with Crippen LogP contribution in [0, 0.1) is 0 Å². The van der Waals surface area contributed by atoms with Gasteiger partial charge in [0, 0.05) is 24.1 Å². The van der Waals surface area contributed by atoms with Crippen LogP contribution in [-0.4, -0.2) is 29.1 Å². The lowest BCUT2D eigenvalue weighted by atomic mass is 9.95. The van der Waals surface area contributed by atoms with Crippen molar-refractivity contribution in [2.24, 2.45) is 0 Å². The van der Waals surface area contributed by atoms with E-state index in [-0.39, 0.29) is 11.8 Å². The van der Waals surface area contributed by atoms with Crippen molar-refractivity contribution in [3.05, 3.63) is 11.6 Å². The summed E-state index contributed by atoms with van der Waals surface area (Å²) in [5.41, 5.74) is 0.806. The maximum absolute atomic E-state index is 11.6. The molecular formula is C11H17NO2. The SMILES string of the molecule is CCC(=O)C1=CC(O)CC2CCC1N2. The fourth-order valence-electron chi connectivity index (χ4n) is 2.42. The first-order chi connectivity index (χ1) is 6.70. The van der Waals surface area contributed by atoms with E-state index in [1.54, 1.807) is 6.08 Å². The standard InChI is InChI=1S/C11H17NO2/c1-2-11(14)9-6-8(13)5-7-3-4-10(9)12-7/h6-8,10,12-13H,2-5H2,1H3. The Bertz CT molecular complexity index is 272. The molecule has 2 aliphatic rings. The van der Waals surface area contributed by atoms with Gasteiger partial charge in [0.05, 0.1) is 6.10 Å². The quantitative estimate of drug-likeness (QED) is 0.684. The lowest BCUT2D eigenvalue weighted by molar-refractivity contribution is -0.115. The highest BCUT2D eigenvalue weighted by Gasteiger charge is 2.33. The van der Waals surface area contributed by atoms with Crippen molar-refractivity contribution in [2.45, 2.75) is 50.8 Å². The van der Waals surface area contributed by atoms with Crippen LogP contribution in [0.3, 0.4) is 0 Å². The normalized spacial score (nSPS) is 36.4. The molecule has 0 aromatic rings. The Kier molecular flexibility index (Phi) is 2.70. The summed E-state index contributed by atoms with van der Waals surface area (Å²) in [7, 11) is 0. The smallest absolute Gasteiger partial charge is 0.159 e. The van der Waals surface area contributed by atoms with Crippen molar-refractivity contribution in [2.75, 3.05) is 0 Å². The highest BCUT2D eigenvalue weighted by atomic mass is 16.3. The van der Waals surface area contributed by atoms with Crippen LogP contribution in [0.1, 0.15) is 32.6 Å². The number of hydrogen-bond acceptors (Lipinski definition) is 3. The van der Waals surface area contributed by atoms with E-state index in [1.165, 1.54) is 0 Å². The summed E-state index contributed by atoms with van der Waals surface area (Å²) in [6, 6.07) is 0.595. The third kappa shape index (κ3) is 1.74. The van der Waals surface area contributed by atoms with Gasteiger partial charge in [-0.15, -0.1) is 0 Å². The molecule has 0 saturated carbocycles.